The summed E-state index contributed by atoms with van der Waals surface area (Å²) in [5.74, 6) is -1.56. The minimum absolute atomic E-state index is 0.00682. The first-order chi connectivity index (χ1) is 11.8. The number of hydrogen-bond donors (Lipinski definition) is 2. The highest BCUT2D eigenvalue weighted by Gasteiger charge is 2.35. The Morgan fingerprint density at radius 1 is 1.28 bits per heavy atom. The molecule has 25 heavy (non-hydrogen) atoms. The average Bonchev–Trinajstić information content (AvgIpc) is 3.10. The van der Waals surface area contributed by atoms with E-state index in [1.807, 2.05) is 24.3 Å². The Kier molecular flexibility index (Phi) is 4.63. The minimum atomic E-state index is -3.65. The molecule has 0 radical (unpaired) electrons. The van der Waals surface area contributed by atoms with Crippen LogP contribution in [0.15, 0.2) is 40.6 Å². The molecule has 2 aromatic rings. The highest BCUT2D eigenvalue weighted by Crippen LogP contribution is 2.27. The molecule has 1 atom stereocenters. The Bertz CT molecular complexity index is 936. The number of fused-ring (bicyclic) bond motifs is 1. The van der Waals surface area contributed by atoms with Crippen molar-refractivity contribution in [1.29, 1.82) is 0 Å². The largest absolute Gasteiger partial charge is 0.480 e. The van der Waals surface area contributed by atoms with Crippen molar-refractivity contribution in [3.05, 3.63) is 51.7 Å². The molecule has 0 fully saturated rings. The van der Waals surface area contributed by atoms with Crippen LogP contribution in [0.1, 0.15) is 20.8 Å². The summed E-state index contributed by atoms with van der Waals surface area (Å²) in [7, 11) is -2.36. The van der Waals surface area contributed by atoms with Gasteiger partial charge in [0.2, 0.25) is 10.0 Å². The lowest BCUT2D eigenvalue weighted by atomic mass is 9.94. The van der Waals surface area contributed by atoms with Gasteiger partial charge in [0.05, 0.1) is 9.77 Å². The monoisotopic (exact) mass is 380 g/mol. The Hall–Kier alpha value is -2.23. The SMILES string of the molecule is CNS(=O)(=O)c1csc(C(=O)N2Cc3ccccc3CC2C(=O)O)c1. The van der Waals surface area contributed by atoms with Crippen molar-refractivity contribution >= 4 is 33.2 Å². The fraction of sp³-hybridized carbons (Fsp3) is 0.250. The van der Waals surface area contributed by atoms with Gasteiger partial charge in [-0.2, -0.15) is 0 Å². The van der Waals surface area contributed by atoms with Gasteiger partial charge in [-0.3, -0.25) is 4.79 Å². The standard InChI is InChI=1S/C16H16N2O5S2/c1-17-25(22,23)12-7-14(24-9-12)15(19)18-8-11-5-3-2-4-10(11)6-13(18)16(20)21/h2-5,7,9,13,17H,6,8H2,1H3,(H,20,21). The van der Waals surface area contributed by atoms with Crippen LogP contribution in [0.4, 0.5) is 0 Å². The predicted octanol–water partition coefficient (Wildman–Crippen LogP) is 1.31. The van der Waals surface area contributed by atoms with Gasteiger partial charge >= 0.3 is 5.97 Å². The van der Waals surface area contributed by atoms with Crippen molar-refractivity contribution < 1.29 is 23.1 Å². The van der Waals surface area contributed by atoms with E-state index in [4.69, 9.17) is 0 Å². The summed E-state index contributed by atoms with van der Waals surface area (Å²) in [4.78, 5) is 25.9. The summed E-state index contributed by atoms with van der Waals surface area (Å²) in [6.45, 7) is 0.179. The van der Waals surface area contributed by atoms with E-state index in [-0.39, 0.29) is 22.7 Å². The summed E-state index contributed by atoms with van der Waals surface area (Å²) in [6.07, 6.45) is 0.226. The molecule has 1 aliphatic rings. The second-order valence-electron chi connectivity index (χ2n) is 5.61. The van der Waals surface area contributed by atoms with Crippen LogP contribution in [0.3, 0.4) is 0 Å². The van der Waals surface area contributed by atoms with Gasteiger partial charge in [-0.05, 0) is 24.2 Å². The first kappa shape index (κ1) is 17.6. The molecule has 0 saturated heterocycles. The fourth-order valence-electron chi connectivity index (χ4n) is 2.79. The van der Waals surface area contributed by atoms with Gasteiger partial charge in [-0.15, -0.1) is 11.3 Å². The number of nitrogens with zero attached hydrogens (tertiary/aromatic N) is 1. The van der Waals surface area contributed by atoms with Gasteiger partial charge < -0.3 is 10.0 Å². The zero-order chi connectivity index (χ0) is 18.2. The fourth-order valence-corrected chi connectivity index (χ4v) is 4.75. The zero-order valence-electron chi connectivity index (χ0n) is 13.3. The number of aliphatic carboxylic acids is 1. The molecular formula is C16H16N2O5S2. The molecular weight excluding hydrogens is 364 g/mol. The van der Waals surface area contributed by atoms with Crippen molar-refractivity contribution in [1.82, 2.24) is 9.62 Å². The van der Waals surface area contributed by atoms with Crippen LogP contribution in [0.5, 0.6) is 0 Å². The predicted molar refractivity (Wildman–Crippen MR) is 92.0 cm³/mol. The van der Waals surface area contributed by atoms with E-state index < -0.39 is 27.9 Å². The maximum absolute atomic E-state index is 12.8. The lowest BCUT2D eigenvalue weighted by Crippen LogP contribution is -2.48. The molecule has 1 aromatic heterocycles. The average molecular weight is 380 g/mol. The highest BCUT2D eigenvalue weighted by atomic mass is 32.2. The number of carboxylic acid groups (broad SMARTS) is 1. The zero-order valence-corrected chi connectivity index (χ0v) is 14.9. The molecule has 0 aliphatic carbocycles. The molecule has 7 nitrogen and oxygen atoms in total. The number of benzene rings is 1. The third-order valence-electron chi connectivity index (χ3n) is 4.16. The Morgan fingerprint density at radius 3 is 2.60 bits per heavy atom. The normalized spacial score (nSPS) is 17.2. The van der Waals surface area contributed by atoms with Crippen LogP contribution in [-0.4, -0.2) is 43.4 Å². The van der Waals surface area contributed by atoms with Crippen molar-refractivity contribution in [3.63, 3.8) is 0 Å². The highest BCUT2D eigenvalue weighted by molar-refractivity contribution is 7.89. The van der Waals surface area contributed by atoms with Gasteiger partial charge in [-0.1, -0.05) is 24.3 Å². The van der Waals surface area contributed by atoms with Crippen LogP contribution in [0.2, 0.25) is 0 Å². The maximum atomic E-state index is 12.8. The summed E-state index contributed by atoms with van der Waals surface area (Å²) in [5, 5.41) is 10.9. The number of nitrogens with one attached hydrogen (secondary N) is 1. The van der Waals surface area contributed by atoms with Crippen molar-refractivity contribution in [3.8, 4) is 0 Å². The van der Waals surface area contributed by atoms with E-state index in [0.717, 1.165) is 22.5 Å². The molecule has 0 bridgehead atoms. The number of thiophene rings is 1. The third kappa shape index (κ3) is 3.30. The second kappa shape index (κ2) is 6.58. The van der Waals surface area contributed by atoms with Gasteiger partial charge in [0.25, 0.3) is 5.91 Å². The quantitative estimate of drug-likeness (QED) is 0.832. The van der Waals surface area contributed by atoms with Gasteiger partial charge in [0.1, 0.15) is 6.04 Å². The number of hydrogen-bond acceptors (Lipinski definition) is 5. The Labute approximate surface area is 149 Å². The molecule has 2 N–H and O–H groups in total. The summed E-state index contributed by atoms with van der Waals surface area (Å²) >= 11 is 0.985. The van der Waals surface area contributed by atoms with E-state index in [2.05, 4.69) is 4.72 Å². The van der Waals surface area contributed by atoms with Crippen molar-refractivity contribution in [2.75, 3.05) is 7.05 Å². The number of rotatable bonds is 4. The Balaban J connectivity index is 1.94. The Morgan fingerprint density at radius 2 is 1.96 bits per heavy atom. The first-order valence-electron chi connectivity index (χ1n) is 7.46. The van der Waals surface area contributed by atoms with Gasteiger partial charge in [0.15, 0.2) is 0 Å². The van der Waals surface area contributed by atoms with E-state index in [1.165, 1.54) is 23.4 Å². The number of carboxylic acids is 1. The number of carbonyl (C=O) groups excluding carboxylic acids is 1. The van der Waals surface area contributed by atoms with Crippen LogP contribution in [-0.2, 0) is 27.8 Å². The first-order valence-corrected chi connectivity index (χ1v) is 9.82. The van der Waals surface area contributed by atoms with Crippen molar-refractivity contribution in [2.45, 2.75) is 23.9 Å². The lowest BCUT2D eigenvalue weighted by molar-refractivity contribution is -0.142. The van der Waals surface area contributed by atoms with Crippen molar-refractivity contribution in [2.24, 2.45) is 0 Å². The van der Waals surface area contributed by atoms with Gasteiger partial charge in [-0.25, -0.2) is 17.9 Å². The topological polar surface area (TPSA) is 104 Å². The summed E-state index contributed by atoms with van der Waals surface area (Å²) < 4.78 is 25.8. The van der Waals surface area contributed by atoms with Crippen LogP contribution in [0.25, 0.3) is 0 Å². The number of sulfonamides is 1. The molecule has 132 valence electrons. The molecule has 0 saturated carbocycles. The molecule has 0 spiro atoms. The molecule has 1 unspecified atom stereocenters. The smallest absolute Gasteiger partial charge is 0.326 e. The number of amides is 1. The molecule has 3 rings (SSSR count). The second-order valence-corrected chi connectivity index (χ2v) is 8.41. The van der Waals surface area contributed by atoms with E-state index in [9.17, 15) is 23.1 Å². The molecule has 1 amide bonds. The number of carbonyl (C=O) groups is 2. The lowest BCUT2D eigenvalue weighted by Gasteiger charge is -2.34. The van der Waals surface area contributed by atoms with E-state index in [1.54, 1.807) is 0 Å². The molecule has 2 heterocycles. The summed E-state index contributed by atoms with van der Waals surface area (Å²) in [5.41, 5.74) is 1.80. The molecule has 1 aromatic carbocycles. The van der Waals surface area contributed by atoms with Crippen LogP contribution < -0.4 is 4.72 Å². The minimum Gasteiger partial charge on any atom is -0.480 e. The van der Waals surface area contributed by atoms with Gasteiger partial charge in [0, 0.05) is 18.3 Å². The van der Waals surface area contributed by atoms with E-state index in [0.29, 0.717) is 0 Å². The van der Waals surface area contributed by atoms with E-state index >= 15 is 0 Å². The molecule has 9 heteroatoms. The molecule has 1 aliphatic heterocycles. The van der Waals surface area contributed by atoms with Crippen LogP contribution in [0, 0.1) is 0 Å². The maximum Gasteiger partial charge on any atom is 0.326 e. The summed E-state index contributed by atoms with van der Waals surface area (Å²) in [6, 6.07) is 7.69. The third-order valence-corrected chi connectivity index (χ3v) is 6.62. The van der Waals surface area contributed by atoms with Crippen LogP contribution >= 0.6 is 11.3 Å².